The van der Waals surface area contributed by atoms with Crippen LogP contribution in [-0.4, -0.2) is 47.9 Å². The van der Waals surface area contributed by atoms with Gasteiger partial charge in [-0.1, -0.05) is 59.1 Å². The van der Waals surface area contributed by atoms with Gasteiger partial charge >= 0.3 is 5.97 Å². The molecule has 9 heteroatoms. The Bertz CT molecular complexity index is 907. The number of halogens is 1. The van der Waals surface area contributed by atoms with E-state index < -0.39 is 42.0 Å². The minimum absolute atomic E-state index is 0.0518. The molecule has 6 atom stereocenters. The van der Waals surface area contributed by atoms with Gasteiger partial charge in [0.25, 0.3) is 0 Å². The molecular formula is C27H40IN3O5. The molecule has 0 bridgehead atoms. The lowest BCUT2D eigenvalue weighted by molar-refractivity contribution is -0.158. The monoisotopic (exact) mass is 613 g/mol. The first kappa shape index (κ1) is 30.1. The molecule has 200 valence electrons. The molecule has 0 radical (unpaired) electrons. The van der Waals surface area contributed by atoms with Gasteiger partial charge in [0, 0.05) is 9.99 Å². The summed E-state index contributed by atoms with van der Waals surface area (Å²) in [5, 5.41) is 8.31. The number of carbonyl (C=O) groups is 4. The highest BCUT2D eigenvalue weighted by Gasteiger charge is 2.35. The second-order valence-electron chi connectivity index (χ2n) is 9.85. The van der Waals surface area contributed by atoms with E-state index in [1.165, 1.54) is 0 Å². The number of cyclic esters (lactones) is 1. The lowest BCUT2D eigenvalue weighted by atomic mass is 9.94. The molecule has 0 aliphatic carbocycles. The zero-order valence-electron chi connectivity index (χ0n) is 21.9. The highest BCUT2D eigenvalue weighted by molar-refractivity contribution is 14.1. The number of rotatable bonds is 8. The topological polar surface area (TPSA) is 114 Å². The van der Waals surface area contributed by atoms with Crippen molar-refractivity contribution in [2.24, 2.45) is 11.8 Å². The van der Waals surface area contributed by atoms with Crippen molar-refractivity contribution in [1.29, 1.82) is 0 Å². The summed E-state index contributed by atoms with van der Waals surface area (Å²) in [6.07, 6.45) is 2.93. The molecule has 1 heterocycles. The minimum Gasteiger partial charge on any atom is -0.460 e. The Balaban J connectivity index is 2.38. The summed E-state index contributed by atoms with van der Waals surface area (Å²) in [5.41, 5.74) is 0.883. The summed E-state index contributed by atoms with van der Waals surface area (Å²) in [6, 6.07) is 5.05. The quantitative estimate of drug-likeness (QED) is 0.307. The van der Waals surface area contributed by atoms with Crippen molar-refractivity contribution in [3.63, 3.8) is 0 Å². The smallest absolute Gasteiger partial charge is 0.329 e. The number of ether oxygens (including phenoxy) is 1. The van der Waals surface area contributed by atoms with Crippen LogP contribution in [0.5, 0.6) is 0 Å². The number of hydrogen-bond acceptors (Lipinski definition) is 5. The van der Waals surface area contributed by atoms with Crippen molar-refractivity contribution in [1.82, 2.24) is 16.0 Å². The number of carbonyl (C=O) groups excluding carboxylic acids is 4. The summed E-state index contributed by atoms with van der Waals surface area (Å²) in [4.78, 5) is 52.5. The molecule has 36 heavy (non-hydrogen) atoms. The SMILES string of the molecule is CCCC[C@H](C)[C@@H]1CC(=O)N[C@@H](Cc2ccc(I)cc2)C(=O)N[C@@H](C)C(=O)N[C@H]([C@@H](C)CC)C(=O)O1. The van der Waals surface area contributed by atoms with Gasteiger partial charge in [0.1, 0.15) is 24.2 Å². The van der Waals surface area contributed by atoms with Crippen molar-refractivity contribution in [2.45, 2.75) is 97.4 Å². The van der Waals surface area contributed by atoms with Crippen LogP contribution in [0, 0.1) is 15.4 Å². The van der Waals surface area contributed by atoms with E-state index in [9.17, 15) is 19.2 Å². The second kappa shape index (κ2) is 14.5. The zero-order chi connectivity index (χ0) is 26.8. The third-order valence-corrected chi connectivity index (χ3v) is 7.54. The largest absolute Gasteiger partial charge is 0.460 e. The lowest BCUT2D eigenvalue weighted by Gasteiger charge is -2.29. The third-order valence-electron chi connectivity index (χ3n) is 6.82. The molecule has 8 nitrogen and oxygen atoms in total. The number of nitrogens with one attached hydrogen (secondary N) is 3. The Morgan fingerprint density at radius 3 is 2.25 bits per heavy atom. The average Bonchev–Trinajstić information content (AvgIpc) is 2.85. The Labute approximate surface area is 228 Å². The number of benzene rings is 1. The second-order valence-corrected chi connectivity index (χ2v) is 11.1. The van der Waals surface area contributed by atoms with Crippen molar-refractivity contribution in [2.75, 3.05) is 0 Å². The van der Waals surface area contributed by atoms with Crippen LogP contribution in [0.15, 0.2) is 24.3 Å². The predicted octanol–water partition coefficient (Wildman–Crippen LogP) is 3.50. The molecule has 1 saturated heterocycles. The molecule has 1 fully saturated rings. The molecule has 0 aromatic heterocycles. The Morgan fingerprint density at radius 1 is 0.972 bits per heavy atom. The number of amides is 3. The van der Waals surface area contributed by atoms with Gasteiger partial charge in [0.05, 0.1) is 6.42 Å². The van der Waals surface area contributed by atoms with Crippen LogP contribution in [-0.2, 0) is 30.3 Å². The van der Waals surface area contributed by atoms with E-state index in [0.717, 1.165) is 28.4 Å². The van der Waals surface area contributed by atoms with Gasteiger partial charge in [-0.2, -0.15) is 0 Å². The molecule has 2 rings (SSSR count). The lowest BCUT2D eigenvalue weighted by Crippen LogP contribution is -2.55. The van der Waals surface area contributed by atoms with Crippen molar-refractivity contribution < 1.29 is 23.9 Å². The average molecular weight is 614 g/mol. The first-order valence-electron chi connectivity index (χ1n) is 12.9. The molecule has 3 amide bonds. The molecule has 0 saturated carbocycles. The standard InChI is InChI=1S/C27H40IN3O5/c1-6-8-9-17(4)22-15-23(32)30-21(14-19-10-12-20(28)13-11-19)26(34)29-18(5)25(33)31-24(16(3)7-2)27(35)36-22/h10-13,16-18,21-22,24H,6-9,14-15H2,1-5H3,(H,29,34)(H,30,32)(H,31,33)/t16-,17-,18-,21-,22-,24+/m0/s1. The molecule has 3 N–H and O–H groups in total. The highest BCUT2D eigenvalue weighted by Crippen LogP contribution is 2.21. The molecule has 1 aliphatic rings. The summed E-state index contributed by atoms with van der Waals surface area (Å²) in [5.74, 6) is -2.07. The maximum atomic E-state index is 13.2. The molecule has 0 unspecified atom stereocenters. The van der Waals surface area contributed by atoms with Crippen molar-refractivity contribution >= 4 is 46.3 Å². The summed E-state index contributed by atoms with van der Waals surface area (Å²) < 4.78 is 6.95. The van der Waals surface area contributed by atoms with Crippen LogP contribution in [0.2, 0.25) is 0 Å². The Morgan fingerprint density at radius 2 is 1.64 bits per heavy atom. The fraction of sp³-hybridized carbons (Fsp3) is 0.630. The predicted molar refractivity (Wildman–Crippen MR) is 147 cm³/mol. The molecule has 0 spiro atoms. The minimum atomic E-state index is -0.895. The van der Waals surface area contributed by atoms with Crippen molar-refractivity contribution in [3.8, 4) is 0 Å². The molecule has 1 aliphatic heterocycles. The normalized spacial score (nSPS) is 25.7. The summed E-state index contributed by atoms with van der Waals surface area (Å²) >= 11 is 2.21. The molecule has 1 aromatic carbocycles. The van der Waals surface area contributed by atoms with Crippen LogP contribution in [0.4, 0.5) is 0 Å². The van der Waals surface area contributed by atoms with Crippen molar-refractivity contribution in [3.05, 3.63) is 33.4 Å². The van der Waals surface area contributed by atoms with E-state index in [4.69, 9.17) is 4.74 Å². The van der Waals surface area contributed by atoms with Gasteiger partial charge in [-0.05, 0) is 65.5 Å². The maximum absolute atomic E-state index is 13.2. The van der Waals surface area contributed by atoms with E-state index >= 15 is 0 Å². The summed E-state index contributed by atoms with van der Waals surface area (Å²) in [6.45, 7) is 9.41. The van der Waals surface area contributed by atoms with Gasteiger partial charge in [0.2, 0.25) is 17.7 Å². The third kappa shape index (κ3) is 9.05. The molecular weight excluding hydrogens is 573 g/mol. The number of esters is 1. The van der Waals surface area contributed by atoms with Crippen LogP contribution < -0.4 is 16.0 Å². The van der Waals surface area contributed by atoms with Gasteiger partial charge in [-0.15, -0.1) is 0 Å². The van der Waals surface area contributed by atoms with Crippen LogP contribution in [0.1, 0.15) is 72.3 Å². The van der Waals surface area contributed by atoms with E-state index in [0.29, 0.717) is 6.42 Å². The van der Waals surface area contributed by atoms with E-state index in [-0.39, 0.29) is 30.6 Å². The van der Waals surface area contributed by atoms with Gasteiger partial charge in [0.15, 0.2) is 0 Å². The van der Waals surface area contributed by atoms with E-state index in [1.54, 1.807) is 6.92 Å². The first-order chi connectivity index (χ1) is 17.0. The van der Waals surface area contributed by atoms with Crippen LogP contribution in [0.3, 0.4) is 0 Å². The maximum Gasteiger partial charge on any atom is 0.329 e. The Kier molecular flexibility index (Phi) is 12.1. The van der Waals surface area contributed by atoms with E-state index in [2.05, 4.69) is 45.5 Å². The van der Waals surface area contributed by atoms with Gasteiger partial charge in [-0.3, -0.25) is 14.4 Å². The summed E-state index contributed by atoms with van der Waals surface area (Å²) in [7, 11) is 0. The fourth-order valence-corrected chi connectivity index (χ4v) is 4.48. The number of hydrogen-bond donors (Lipinski definition) is 3. The van der Waals surface area contributed by atoms with Gasteiger partial charge in [-0.25, -0.2) is 4.79 Å². The highest BCUT2D eigenvalue weighted by atomic mass is 127. The first-order valence-corrected chi connectivity index (χ1v) is 14.0. The van der Waals surface area contributed by atoms with Crippen LogP contribution in [0.25, 0.3) is 0 Å². The Hall–Kier alpha value is -2.17. The van der Waals surface area contributed by atoms with Crippen LogP contribution >= 0.6 is 22.6 Å². The fourth-order valence-electron chi connectivity index (χ4n) is 4.12. The molecule has 1 aromatic rings. The van der Waals surface area contributed by atoms with E-state index in [1.807, 2.05) is 45.0 Å². The van der Waals surface area contributed by atoms with Gasteiger partial charge < -0.3 is 20.7 Å². The zero-order valence-corrected chi connectivity index (χ0v) is 24.1. The number of unbranched alkanes of at least 4 members (excludes halogenated alkanes) is 1.